The summed E-state index contributed by atoms with van der Waals surface area (Å²) in [5.74, 6) is 0.564. The van der Waals surface area contributed by atoms with Gasteiger partial charge in [-0.1, -0.05) is 42.0 Å². The van der Waals surface area contributed by atoms with Crippen LogP contribution in [0.15, 0.2) is 48.5 Å². The number of benzene rings is 2. The van der Waals surface area contributed by atoms with Gasteiger partial charge < -0.3 is 19.7 Å². The van der Waals surface area contributed by atoms with Crippen LogP contribution in [0.2, 0.25) is 0 Å². The molecule has 6 heteroatoms. The summed E-state index contributed by atoms with van der Waals surface area (Å²) in [5, 5.41) is 2.87. The lowest BCUT2D eigenvalue weighted by molar-refractivity contribution is -0.142. The zero-order valence-electron chi connectivity index (χ0n) is 17.8. The standard InChI is InChI=1S/C23H30N2O4/c1-16(2)24-23(27)18(4)25(14-19-12-10-17(3)11-13-19)22(26)15-29-21-9-7-6-8-20(21)28-5/h6-13,16,18H,14-15H2,1-5H3,(H,24,27)/t18-/m0/s1. The van der Waals surface area contributed by atoms with Gasteiger partial charge in [0.25, 0.3) is 5.91 Å². The number of hydrogen-bond acceptors (Lipinski definition) is 4. The molecule has 0 bridgehead atoms. The molecule has 2 aromatic carbocycles. The van der Waals surface area contributed by atoms with Gasteiger partial charge in [-0.15, -0.1) is 0 Å². The van der Waals surface area contributed by atoms with E-state index >= 15 is 0 Å². The minimum absolute atomic E-state index is 0.00823. The van der Waals surface area contributed by atoms with Crippen LogP contribution in [0.4, 0.5) is 0 Å². The van der Waals surface area contributed by atoms with Crippen LogP contribution >= 0.6 is 0 Å². The van der Waals surface area contributed by atoms with E-state index in [9.17, 15) is 9.59 Å². The minimum atomic E-state index is -0.632. The maximum Gasteiger partial charge on any atom is 0.261 e. The van der Waals surface area contributed by atoms with E-state index in [4.69, 9.17) is 9.47 Å². The summed E-state index contributed by atoms with van der Waals surface area (Å²) in [6.45, 7) is 7.65. The molecule has 0 fully saturated rings. The van der Waals surface area contributed by atoms with Crippen molar-refractivity contribution in [2.75, 3.05) is 13.7 Å². The van der Waals surface area contributed by atoms with Gasteiger partial charge >= 0.3 is 0 Å². The zero-order chi connectivity index (χ0) is 21.4. The summed E-state index contributed by atoms with van der Waals surface area (Å²) < 4.78 is 11.0. The van der Waals surface area contributed by atoms with E-state index in [1.807, 2.05) is 57.2 Å². The molecule has 156 valence electrons. The molecule has 0 saturated heterocycles. The fraction of sp³-hybridized carbons (Fsp3) is 0.391. The minimum Gasteiger partial charge on any atom is -0.493 e. The first-order valence-electron chi connectivity index (χ1n) is 9.73. The summed E-state index contributed by atoms with van der Waals surface area (Å²) in [7, 11) is 1.55. The topological polar surface area (TPSA) is 67.9 Å². The second-order valence-corrected chi connectivity index (χ2v) is 7.29. The van der Waals surface area contributed by atoms with Crippen LogP contribution in [0.5, 0.6) is 11.5 Å². The second kappa shape index (κ2) is 10.5. The molecule has 0 aromatic heterocycles. The molecule has 1 atom stereocenters. The molecule has 0 saturated carbocycles. The lowest BCUT2D eigenvalue weighted by atomic mass is 10.1. The summed E-state index contributed by atoms with van der Waals surface area (Å²) in [4.78, 5) is 27.1. The van der Waals surface area contributed by atoms with E-state index in [-0.39, 0.29) is 24.5 Å². The highest BCUT2D eigenvalue weighted by Crippen LogP contribution is 2.25. The molecule has 0 spiro atoms. The number of carbonyl (C=O) groups is 2. The molecule has 0 aliphatic rings. The number of aryl methyl sites for hydroxylation is 1. The average molecular weight is 399 g/mol. The fourth-order valence-electron chi connectivity index (χ4n) is 2.84. The molecular formula is C23H30N2O4. The summed E-state index contributed by atoms with van der Waals surface area (Å²) >= 11 is 0. The molecule has 2 aromatic rings. The predicted octanol–water partition coefficient (Wildman–Crippen LogP) is 3.32. The zero-order valence-corrected chi connectivity index (χ0v) is 17.8. The van der Waals surface area contributed by atoms with Gasteiger partial charge in [0.15, 0.2) is 18.1 Å². The van der Waals surface area contributed by atoms with E-state index in [2.05, 4.69) is 5.32 Å². The van der Waals surface area contributed by atoms with E-state index in [0.29, 0.717) is 18.0 Å². The highest BCUT2D eigenvalue weighted by Gasteiger charge is 2.27. The third-order valence-electron chi connectivity index (χ3n) is 4.49. The Morgan fingerprint density at radius 3 is 2.21 bits per heavy atom. The quantitative estimate of drug-likeness (QED) is 0.704. The summed E-state index contributed by atoms with van der Waals surface area (Å²) in [6.07, 6.45) is 0. The first kappa shape index (κ1) is 22.3. The number of carbonyl (C=O) groups excluding carboxylic acids is 2. The lowest BCUT2D eigenvalue weighted by Crippen LogP contribution is -2.50. The van der Waals surface area contributed by atoms with Crippen LogP contribution in [0.3, 0.4) is 0 Å². The second-order valence-electron chi connectivity index (χ2n) is 7.29. The van der Waals surface area contributed by atoms with Gasteiger partial charge in [0, 0.05) is 12.6 Å². The van der Waals surface area contributed by atoms with Crippen LogP contribution < -0.4 is 14.8 Å². The Morgan fingerprint density at radius 1 is 1.00 bits per heavy atom. The van der Waals surface area contributed by atoms with Crippen molar-refractivity contribution in [1.29, 1.82) is 0 Å². The molecular weight excluding hydrogens is 368 g/mol. The predicted molar refractivity (Wildman–Crippen MR) is 113 cm³/mol. The van der Waals surface area contributed by atoms with Crippen LogP contribution in [0.1, 0.15) is 31.9 Å². The molecule has 29 heavy (non-hydrogen) atoms. The number of nitrogens with one attached hydrogen (secondary N) is 1. The number of methoxy groups -OCH3 is 1. The van der Waals surface area contributed by atoms with Gasteiger partial charge in [-0.2, -0.15) is 0 Å². The Morgan fingerprint density at radius 2 is 1.62 bits per heavy atom. The maximum atomic E-state index is 13.0. The molecule has 6 nitrogen and oxygen atoms in total. The van der Waals surface area contributed by atoms with Crippen LogP contribution in [-0.4, -0.2) is 42.5 Å². The molecule has 0 unspecified atom stereocenters. The molecule has 0 radical (unpaired) electrons. The Bertz CT molecular complexity index is 818. The monoisotopic (exact) mass is 398 g/mol. The number of nitrogens with zero attached hydrogens (tertiary/aromatic N) is 1. The van der Waals surface area contributed by atoms with Gasteiger partial charge in [0.05, 0.1) is 7.11 Å². The number of ether oxygens (including phenoxy) is 2. The first-order chi connectivity index (χ1) is 13.8. The van der Waals surface area contributed by atoms with Crippen molar-refractivity contribution < 1.29 is 19.1 Å². The van der Waals surface area contributed by atoms with E-state index in [1.165, 1.54) is 4.90 Å². The van der Waals surface area contributed by atoms with Crippen molar-refractivity contribution >= 4 is 11.8 Å². The highest BCUT2D eigenvalue weighted by molar-refractivity contribution is 5.88. The van der Waals surface area contributed by atoms with Gasteiger partial charge in [-0.25, -0.2) is 0 Å². The van der Waals surface area contributed by atoms with Gasteiger partial charge in [-0.3, -0.25) is 9.59 Å². The van der Waals surface area contributed by atoms with Crippen LogP contribution in [0, 0.1) is 6.92 Å². The summed E-state index contributed by atoms with van der Waals surface area (Å²) in [5.41, 5.74) is 2.09. The molecule has 1 N–H and O–H groups in total. The lowest BCUT2D eigenvalue weighted by Gasteiger charge is -2.29. The maximum absolute atomic E-state index is 13.0. The fourth-order valence-corrected chi connectivity index (χ4v) is 2.84. The SMILES string of the molecule is COc1ccccc1OCC(=O)N(Cc1ccc(C)cc1)[C@@H](C)C(=O)NC(C)C. The van der Waals surface area contributed by atoms with Crippen molar-refractivity contribution in [3.63, 3.8) is 0 Å². The van der Waals surface area contributed by atoms with Gasteiger partial charge in [-0.05, 0) is 45.4 Å². The van der Waals surface area contributed by atoms with E-state index in [1.54, 1.807) is 26.2 Å². The van der Waals surface area contributed by atoms with Crippen molar-refractivity contribution in [3.05, 3.63) is 59.7 Å². The summed E-state index contributed by atoms with van der Waals surface area (Å²) in [6, 6.07) is 14.4. The van der Waals surface area contributed by atoms with Crippen molar-refractivity contribution in [2.24, 2.45) is 0 Å². The van der Waals surface area contributed by atoms with E-state index < -0.39 is 6.04 Å². The average Bonchev–Trinajstić information content (AvgIpc) is 2.70. The third-order valence-corrected chi connectivity index (χ3v) is 4.49. The Balaban J connectivity index is 2.16. The smallest absolute Gasteiger partial charge is 0.261 e. The Hall–Kier alpha value is -3.02. The van der Waals surface area contributed by atoms with Gasteiger partial charge in [0.1, 0.15) is 6.04 Å². The number of amides is 2. The van der Waals surface area contributed by atoms with Crippen molar-refractivity contribution in [2.45, 2.75) is 46.3 Å². The number of para-hydroxylation sites is 2. The number of rotatable bonds is 9. The number of hydrogen-bond donors (Lipinski definition) is 1. The largest absolute Gasteiger partial charge is 0.493 e. The molecule has 0 aliphatic carbocycles. The molecule has 0 heterocycles. The highest BCUT2D eigenvalue weighted by atomic mass is 16.5. The first-order valence-corrected chi connectivity index (χ1v) is 9.73. The third kappa shape index (κ3) is 6.52. The van der Waals surface area contributed by atoms with E-state index in [0.717, 1.165) is 11.1 Å². The van der Waals surface area contributed by atoms with Crippen LogP contribution in [0.25, 0.3) is 0 Å². The molecule has 2 rings (SSSR count). The van der Waals surface area contributed by atoms with Crippen molar-refractivity contribution in [1.82, 2.24) is 10.2 Å². The molecule has 2 amide bonds. The normalized spacial score (nSPS) is 11.7. The van der Waals surface area contributed by atoms with Gasteiger partial charge in [0.2, 0.25) is 5.91 Å². The Kier molecular flexibility index (Phi) is 8.07. The molecule has 0 aliphatic heterocycles. The Labute approximate surface area is 172 Å². The van der Waals surface area contributed by atoms with Crippen LogP contribution in [-0.2, 0) is 16.1 Å². The van der Waals surface area contributed by atoms with Crippen molar-refractivity contribution in [3.8, 4) is 11.5 Å².